The Morgan fingerprint density at radius 2 is 2.03 bits per heavy atom. The number of aromatic nitrogens is 2. The van der Waals surface area contributed by atoms with Crippen LogP contribution in [0.2, 0.25) is 5.02 Å². The number of carbonyl (C=O) groups is 2. The second kappa shape index (κ2) is 8.79. The number of fused-ring (bicyclic) bond motifs is 1. The molecule has 31 heavy (non-hydrogen) atoms. The van der Waals surface area contributed by atoms with Crippen molar-refractivity contribution in [1.29, 1.82) is 0 Å². The lowest BCUT2D eigenvalue weighted by Gasteiger charge is -2.24. The molecule has 3 aromatic rings. The fraction of sp³-hybridized carbons (Fsp3) is 0.227. The molecule has 1 aliphatic rings. The molecule has 0 radical (unpaired) electrons. The molecule has 0 fully saturated rings. The van der Waals surface area contributed by atoms with Gasteiger partial charge in [-0.1, -0.05) is 41.9 Å². The number of carbonyl (C=O) groups excluding carboxylic acids is 2. The third kappa shape index (κ3) is 4.12. The Morgan fingerprint density at radius 1 is 1.26 bits per heavy atom. The van der Waals surface area contributed by atoms with Crippen molar-refractivity contribution in [3.63, 3.8) is 0 Å². The minimum atomic E-state index is -0.822. The predicted octanol–water partition coefficient (Wildman–Crippen LogP) is 3.88. The van der Waals surface area contributed by atoms with Gasteiger partial charge in [0.25, 0.3) is 0 Å². The molecule has 1 aromatic heterocycles. The van der Waals surface area contributed by atoms with E-state index >= 15 is 0 Å². The third-order valence-electron chi connectivity index (χ3n) is 4.98. The first-order valence-corrected chi connectivity index (χ1v) is 9.99. The van der Waals surface area contributed by atoms with E-state index in [2.05, 4.69) is 15.7 Å². The van der Waals surface area contributed by atoms with Crippen LogP contribution in [-0.2, 0) is 20.9 Å². The number of methoxy groups -OCH3 is 2. The lowest BCUT2D eigenvalue weighted by Crippen LogP contribution is -2.35. The van der Waals surface area contributed by atoms with Crippen molar-refractivity contribution in [1.82, 2.24) is 9.78 Å². The van der Waals surface area contributed by atoms with E-state index in [1.165, 1.54) is 7.11 Å². The van der Waals surface area contributed by atoms with Gasteiger partial charge in [-0.2, -0.15) is 5.10 Å². The molecule has 0 bridgehead atoms. The van der Waals surface area contributed by atoms with Crippen LogP contribution >= 0.6 is 11.6 Å². The van der Waals surface area contributed by atoms with Crippen LogP contribution in [0.5, 0.6) is 5.75 Å². The summed E-state index contributed by atoms with van der Waals surface area (Å²) < 4.78 is 12.0. The Hall–Kier alpha value is -3.36. The second-order valence-corrected chi connectivity index (χ2v) is 7.43. The van der Waals surface area contributed by atoms with Gasteiger partial charge >= 0.3 is 0 Å². The van der Waals surface area contributed by atoms with E-state index in [1.54, 1.807) is 30.0 Å². The summed E-state index contributed by atoms with van der Waals surface area (Å²) in [6.07, 6.45) is -0.0367. The van der Waals surface area contributed by atoms with Crippen LogP contribution in [0.4, 0.5) is 11.5 Å². The van der Waals surface area contributed by atoms with Crippen molar-refractivity contribution >= 4 is 34.9 Å². The zero-order valence-corrected chi connectivity index (χ0v) is 17.8. The van der Waals surface area contributed by atoms with E-state index < -0.39 is 6.04 Å². The third-order valence-corrected chi connectivity index (χ3v) is 5.28. The maximum Gasteiger partial charge on any atom is 0.249 e. The van der Waals surface area contributed by atoms with Gasteiger partial charge in [0, 0.05) is 18.4 Å². The maximum atomic E-state index is 13.1. The minimum Gasteiger partial charge on any atom is -0.495 e. The van der Waals surface area contributed by atoms with Gasteiger partial charge in [0.05, 0.1) is 30.9 Å². The van der Waals surface area contributed by atoms with E-state index in [1.807, 2.05) is 30.3 Å². The molecule has 2 N–H and O–H groups in total. The van der Waals surface area contributed by atoms with Gasteiger partial charge < -0.3 is 20.1 Å². The molecule has 0 saturated carbocycles. The molecule has 4 rings (SSSR count). The Morgan fingerprint density at radius 3 is 2.71 bits per heavy atom. The predicted molar refractivity (Wildman–Crippen MR) is 117 cm³/mol. The number of nitrogens with one attached hydrogen (secondary N) is 2. The number of ether oxygens (including phenoxy) is 2. The first-order chi connectivity index (χ1) is 15.0. The number of hydrogen-bond acceptors (Lipinski definition) is 5. The van der Waals surface area contributed by atoms with Crippen molar-refractivity contribution < 1.29 is 19.1 Å². The molecule has 0 saturated heterocycles. The molecule has 8 nitrogen and oxygen atoms in total. The van der Waals surface area contributed by atoms with Gasteiger partial charge in [-0.05, 0) is 23.8 Å². The van der Waals surface area contributed by atoms with E-state index in [9.17, 15) is 9.59 Å². The summed E-state index contributed by atoms with van der Waals surface area (Å²) >= 11 is 6.16. The SMILES string of the molecule is COCc1nn2c(c1-c1ccccc1)NC(=O)CC2C(=O)Nc1ccc(OC)c(Cl)c1. The molecule has 2 amide bonds. The van der Waals surface area contributed by atoms with Crippen LogP contribution in [0.15, 0.2) is 48.5 Å². The zero-order valence-electron chi connectivity index (χ0n) is 17.0. The molecular formula is C22H21ClN4O4. The lowest BCUT2D eigenvalue weighted by atomic mass is 10.0. The smallest absolute Gasteiger partial charge is 0.249 e. The first kappa shape index (κ1) is 20.9. The van der Waals surface area contributed by atoms with Crippen LogP contribution in [0.3, 0.4) is 0 Å². The normalized spacial score (nSPS) is 15.2. The molecule has 1 unspecified atom stereocenters. The fourth-order valence-corrected chi connectivity index (χ4v) is 3.85. The summed E-state index contributed by atoms with van der Waals surface area (Å²) in [7, 11) is 3.09. The van der Waals surface area contributed by atoms with E-state index in [0.717, 1.165) is 11.1 Å². The Labute approximate surface area is 184 Å². The molecule has 2 heterocycles. The minimum absolute atomic E-state index is 0.0367. The number of anilines is 2. The summed E-state index contributed by atoms with van der Waals surface area (Å²) in [5, 5.41) is 10.7. The first-order valence-electron chi connectivity index (χ1n) is 9.61. The van der Waals surface area contributed by atoms with Crippen LogP contribution in [0.1, 0.15) is 18.2 Å². The van der Waals surface area contributed by atoms with Crippen molar-refractivity contribution in [3.05, 3.63) is 59.2 Å². The van der Waals surface area contributed by atoms with Crippen molar-refractivity contribution in [3.8, 4) is 16.9 Å². The summed E-state index contributed by atoms with van der Waals surface area (Å²) in [5.41, 5.74) is 2.74. The van der Waals surface area contributed by atoms with E-state index in [4.69, 9.17) is 21.1 Å². The number of nitrogens with zero attached hydrogens (tertiary/aromatic N) is 2. The number of rotatable bonds is 6. The van der Waals surface area contributed by atoms with Crippen LogP contribution in [0, 0.1) is 0 Å². The molecular weight excluding hydrogens is 420 g/mol. The summed E-state index contributed by atoms with van der Waals surface area (Å²) in [6.45, 7) is 0.239. The summed E-state index contributed by atoms with van der Waals surface area (Å²) in [4.78, 5) is 25.6. The molecule has 9 heteroatoms. The highest BCUT2D eigenvalue weighted by molar-refractivity contribution is 6.32. The molecule has 160 valence electrons. The Bertz CT molecular complexity index is 1130. The lowest BCUT2D eigenvalue weighted by molar-refractivity contribution is -0.125. The Kier molecular flexibility index (Phi) is 5.92. The molecule has 0 aliphatic carbocycles. The van der Waals surface area contributed by atoms with Crippen molar-refractivity contribution in [2.45, 2.75) is 19.1 Å². The Balaban J connectivity index is 1.71. The molecule has 0 spiro atoms. The topological polar surface area (TPSA) is 94.5 Å². The number of halogens is 1. The van der Waals surface area contributed by atoms with Crippen LogP contribution in [-0.4, -0.2) is 35.8 Å². The number of hydrogen-bond donors (Lipinski definition) is 2. The molecule has 1 atom stereocenters. The van der Waals surface area contributed by atoms with E-state index in [0.29, 0.717) is 28.0 Å². The van der Waals surface area contributed by atoms with Gasteiger partial charge in [0.1, 0.15) is 17.6 Å². The largest absolute Gasteiger partial charge is 0.495 e. The van der Waals surface area contributed by atoms with Gasteiger partial charge in [-0.25, -0.2) is 4.68 Å². The average Bonchev–Trinajstić information content (AvgIpc) is 3.11. The zero-order chi connectivity index (χ0) is 22.0. The highest BCUT2D eigenvalue weighted by atomic mass is 35.5. The summed E-state index contributed by atoms with van der Waals surface area (Å²) in [5.74, 6) is 0.343. The van der Waals surface area contributed by atoms with Crippen molar-refractivity contribution in [2.75, 3.05) is 24.9 Å². The van der Waals surface area contributed by atoms with Gasteiger partial charge in [-0.15, -0.1) is 0 Å². The number of amides is 2. The summed E-state index contributed by atoms with van der Waals surface area (Å²) in [6, 6.07) is 13.7. The van der Waals surface area contributed by atoms with Gasteiger partial charge in [0.2, 0.25) is 11.8 Å². The fourth-order valence-electron chi connectivity index (χ4n) is 3.59. The molecule has 2 aromatic carbocycles. The molecule has 1 aliphatic heterocycles. The average molecular weight is 441 g/mol. The van der Waals surface area contributed by atoms with Crippen LogP contribution < -0.4 is 15.4 Å². The van der Waals surface area contributed by atoms with Crippen LogP contribution in [0.25, 0.3) is 11.1 Å². The standard InChI is InChI=1S/C22H21ClN4O4/c1-30-12-16-20(13-6-4-3-5-7-13)21-25-19(28)11-17(27(21)26-16)22(29)24-14-8-9-18(31-2)15(23)10-14/h3-10,17H,11-12H2,1-2H3,(H,24,29)(H,25,28). The van der Waals surface area contributed by atoms with Crippen molar-refractivity contribution in [2.24, 2.45) is 0 Å². The second-order valence-electron chi connectivity index (χ2n) is 7.02. The van der Waals surface area contributed by atoms with Gasteiger partial charge in [-0.3, -0.25) is 9.59 Å². The number of benzene rings is 2. The highest BCUT2D eigenvalue weighted by Gasteiger charge is 2.35. The highest BCUT2D eigenvalue weighted by Crippen LogP contribution is 2.37. The van der Waals surface area contributed by atoms with E-state index in [-0.39, 0.29) is 24.8 Å². The maximum absolute atomic E-state index is 13.1. The quantitative estimate of drug-likeness (QED) is 0.606. The monoisotopic (exact) mass is 440 g/mol. The van der Waals surface area contributed by atoms with Gasteiger partial charge in [0.15, 0.2) is 0 Å².